The highest BCUT2D eigenvalue weighted by Crippen LogP contribution is 2.24. The van der Waals surface area contributed by atoms with Crippen LogP contribution in [0.15, 0.2) is 66.7 Å². The summed E-state index contributed by atoms with van der Waals surface area (Å²) in [6.45, 7) is 0.0387. The molecule has 2 aromatic heterocycles. The Labute approximate surface area is 188 Å². The molecule has 4 aromatic rings. The lowest BCUT2D eigenvalue weighted by molar-refractivity contribution is 0.0910. The summed E-state index contributed by atoms with van der Waals surface area (Å²) in [6.07, 6.45) is 0. The van der Waals surface area contributed by atoms with Crippen LogP contribution in [-0.4, -0.2) is 33.5 Å². The van der Waals surface area contributed by atoms with Gasteiger partial charge in [0.1, 0.15) is 11.4 Å². The molecular weight excluding hydrogens is 426 g/mol. The zero-order valence-corrected chi connectivity index (χ0v) is 17.8. The molecule has 5 N–H and O–H groups in total. The molecule has 8 nitrogen and oxygen atoms in total. The van der Waals surface area contributed by atoms with E-state index >= 15 is 0 Å². The van der Waals surface area contributed by atoms with E-state index in [4.69, 9.17) is 5.73 Å². The van der Waals surface area contributed by atoms with Crippen molar-refractivity contribution in [3.63, 3.8) is 0 Å². The lowest BCUT2D eigenvalue weighted by Crippen LogP contribution is -2.32. The van der Waals surface area contributed by atoms with Crippen LogP contribution < -0.4 is 16.4 Å². The molecule has 0 aliphatic heterocycles. The summed E-state index contributed by atoms with van der Waals surface area (Å²) in [5.41, 5.74) is 8.44. The Bertz CT molecular complexity index is 1260. The highest BCUT2D eigenvalue weighted by molar-refractivity contribution is 7.22. The fourth-order valence-electron chi connectivity index (χ4n) is 3.21. The van der Waals surface area contributed by atoms with Gasteiger partial charge >= 0.3 is 0 Å². The molecule has 2 aromatic carbocycles. The SMILES string of the molecule is Nc1nc2ccc(CNC(=O)c3cccc(C(=O)N[C@H](CO)c4ccccc4)n3)cc2s1. The molecule has 0 unspecified atom stereocenters. The largest absolute Gasteiger partial charge is 0.394 e. The Balaban J connectivity index is 1.41. The minimum absolute atomic E-state index is 0.0913. The maximum Gasteiger partial charge on any atom is 0.270 e. The normalized spacial score (nSPS) is 11.8. The van der Waals surface area contributed by atoms with Crippen LogP contribution in [0.1, 0.15) is 38.1 Å². The van der Waals surface area contributed by atoms with Crippen molar-refractivity contribution in [1.29, 1.82) is 0 Å². The van der Waals surface area contributed by atoms with Crippen molar-refractivity contribution in [2.45, 2.75) is 12.6 Å². The number of nitrogens with two attached hydrogens (primary N) is 1. The molecule has 162 valence electrons. The molecule has 0 saturated heterocycles. The number of rotatable bonds is 7. The number of pyridine rings is 1. The van der Waals surface area contributed by atoms with Crippen LogP contribution in [0.25, 0.3) is 10.2 Å². The van der Waals surface area contributed by atoms with E-state index in [0.29, 0.717) is 11.7 Å². The van der Waals surface area contributed by atoms with E-state index < -0.39 is 17.9 Å². The number of hydrogen-bond acceptors (Lipinski definition) is 7. The van der Waals surface area contributed by atoms with Crippen molar-refractivity contribution in [1.82, 2.24) is 20.6 Å². The highest BCUT2D eigenvalue weighted by Gasteiger charge is 2.17. The summed E-state index contributed by atoms with van der Waals surface area (Å²) in [7, 11) is 0. The Morgan fingerprint density at radius 2 is 1.72 bits per heavy atom. The van der Waals surface area contributed by atoms with E-state index in [-0.39, 0.29) is 18.0 Å². The van der Waals surface area contributed by atoms with E-state index in [1.807, 2.05) is 48.5 Å². The molecule has 0 fully saturated rings. The third kappa shape index (κ3) is 4.90. The number of fused-ring (bicyclic) bond motifs is 1. The number of hydrogen-bond donors (Lipinski definition) is 4. The molecule has 32 heavy (non-hydrogen) atoms. The van der Waals surface area contributed by atoms with E-state index in [1.165, 1.54) is 17.4 Å². The monoisotopic (exact) mass is 447 g/mol. The van der Waals surface area contributed by atoms with Crippen LogP contribution in [0.5, 0.6) is 0 Å². The van der Waals surface area contributed by atoms with Gasteiger partial charge in [0, 0.05) is 6.54 Å². The zero-order chi connectivity index (χ0) is 22.5. The third-order valence-corrected chi connectivity index (χ3v) is 5.67. The van der Waals surface area contributed by atoms with Gasteiger partial charge < -0.3 is 21.5 Å². The Morgan fingerprint density at radius 3 is 2.47 bits per heavy atom. The molecule has 0 spiro atoms. The molecule has 2 heterocycles. The number of nitrogens with zero attached hydrogens (tertiary/aromatic N) is 2. The third-order valence-electron chi connectivity index (χ3n) is 4.83. The van der Waals surface area contributed by atoms with Crippen molar-refractivity contribution in [3.05, 3.63) is 89.2 Å². The van der Waals surface area contributed by atoms with Crippen LogP contribution in [0.2, 0.25) is 0 Å². The number of nitrogen functional groups attached to an aromatic ring is 1. The molecule has 0 bridgehead atoms. The Hall–Kier alpha value is -3.82. The molecule has 0 aliphatic carbocycles. The first-order valence-corrected chi connectivity index (χ1v) is 10.7. The van der Waals surface area contributed by atoms with Gasteiger partial charge in [-0.05, 0) is 35.4 Å². The van der Waals surface area contributed by atoms with E-state index in [0.717, 1.165) is 21.3 Å². The number of aromatic nitrogens is 2. The highest BCUT2D eigenvalue weighted by atomic mass is 32.1. The second kappa shape index (κ2) is 9.54. The molecule has 2 amide bonds. The summed E-state index contributed by atoms with van der Waals surface area (Å²) in [5.74, 6) is -0.874. The van der Waals surface area contributed by atoms with Gasteiger partial charge in [0.05, 0.1) is 22.9 Å². The van der Waals surface area contributed by atoms with Crippen LogP contribution in [-0.2, 0) is 6.54 Å². The summed E-state index contributed by atoms with van der Waals surface area (Å²) < 4.78 is 0.947. The van der Waals surface area contributed by atoms with Gasteiger partial charge in [-0.1, -0.05) is 53.8 Å². The minimum atomic E-state index is -0.571. The molecule has 4 rings (SSSR count). The number of thiazole rings is 1. The number of benzene rings is 2. The maximum atomic E-state index is 12.6. The number of nitrogens with one attached hydrogen (secondary N) is 2. The summed E-state index contributed by atoms with van der Waals surface area (Å²) >= 11 is 1.39. The average Bonchev–Trinajstić information content (AvgIpc) is 3.20. The summed E-state index contributed by atoms with van der Waals surface area (Å²) in [4.78, 5) is 33.6. The van der Waals surface area contributed by atoms with E-state index in [9.17, 15) is 14.7 Å². The first-order valence-electron chi connectivity index (χ1n) is 9.90. The van der Waals surface area contributed by atoms with Gasteiger partial charge in [-0.15, -0.1) is 0 Å². The van der Waals surface area contributed by atoms with Crippen LogP contribution in [0.4, 0.5) is 5.13 Å². The summed E-state index contributed by atoms with van der Waals surface area (Å²) in [5, 5.41) is 15.7. The number of amides is 2. The molecule has 9 heteroatoms. The predicted octanol–water partition coefficient (Wildman–Crippen LogP) is 2.67. The van der Waals surface area contributed by atoms with Crippen molar-refractivity contribution in [3.8, 4) is 0 Å². The van der Waals surface area contributed by atoms with Crippen molar-refractivity contribution in [2.75, 3.05) is 12.3 Å². The van der Waals surface area contributed by atoms with Crippen LogP contribution >= 0.6 is 11.3 Å². The van der Waals surface area contributed by atoms with Crippen LogP contribution in [0, 0.1) is 0 Å². The minimum Gasteiger partial charge on any atom is -0.394 e. The molecule has 0 aliphatic rings. The second-order valence-electron chi connectivity index (χ2n) is 7.06. The fourth-order valence-corrected chi connectivity index (χ4v) is 4.01. The first-order chi connectivity index (χ1) is 15.5. The standard InChI is InChI=1S/C23H21N5O3S/c24-23-28-16-10-9-14(11-20(16)32-23)12-25-21(30)17-7-4-8-18(26-17)22(31)27-19(13-29)15-5-2-1-3-6-15/h1-11,19,29H,12-13H2,(H2,24,28)(H,25,30)(H,27,31)/t19-/m1/s1. The summed E-state index contributed by atoms with van der Waals surface area (Å²) in [6, 6.07) is 18.9. The first kappa shape index (κ1) is 21.4. The second-order valence-corrected chi connectivity index (χ2v) is 8.13. The van der Waals surface area contributed by atoms with Gasteiger partial charge in [-0.2, -0.15) is 0 Å². The van der Waals surface area contributed by atoms with Gasteiger partial charge in [0.2, 0.25) is 0 Å². The quantitative estimate of drug-likeness (QED) is 0.345. The average molecular weight is 448 g/mol. The number of carbonyl (C=O) groups excluding carboxylic acids is 2. The van der Waals surface area contributed by atoms with E-state index in [1.54, 1.807) is 12.1 Å². The lowest BCUT2D eigenvalue weighted by atomic mass is 10.1. The van der Waals surface area contributed by atoms with E-state index in [2.05, 4.69) is 20.6 Å². The van der Waals surface area contributed by atoms with Crippen molar-refractivity contribution < 1.29 is 14.7 Å². The molecule has 1 atom stereocenters. The van der Waals surface area contributed by atoms with Crippen molar-refractivity contribution in [2.24, 2.45) is 0 Å². The fraction of sp³-hybridized carbons (Fsp3) is 0.130. The van der Waals surface area contributed by atoms with Gasteiger partial charge in [0.15, 0.2) is 5.13 Å². The lowest BCUT2D eigenvalue weighted by Gasteiger charge is -2.16. The molecule has 0 radical (unpaired) electrons. The Kier molecular flexibility index (Phi) is 6.39. The van der Waals surface area contributed by atoms with Crippen molar-refractivity contribution >= 4 is 38.5 Å². The van der Waals surface area contributed by atoms with Gasteiger partial charge in [0.25, 0.3) is 11.8 Å². The predicted molar refractivity (Wildman–Crippen MR) is 123 cm³/mol. The van der Waals surface area contributed by atoms with Crippen LogP contribution in [0.3, 0.4) is 0 Å². The number of anilines is 1. The van der Waals surface area contributed by atoms with Gasteiger partial charge in [-0.3, -0.25) is 9.59 Å². The Morgan fingerprint density at radius 1 is 0.969 bits per heavy atom. The number of aliphatic hydroxyl groups excluding tert-OH is 1. The molecule has 0 saturated carbocycles. The smallest absolute Gasteiger partial charge is 0.270 e. The van der Waals surface area contributed by atoms with Gasteiger partial charge in [-0.25, -0.2) is 9.97 Å². The zero-order valence-electron chi connectivity index (χ0n) is 17.0. The number of carbonyl (C=O) groups is 2. The number of aliphatic hydroxyl groups is 1. The molecular formula is C23H21N5O3S. The maximum absolute atomic E-state index is 12.6. The topological polar surface area (TPSA) is 130 Å².